The first-order valence-corrected chi connectivity index (χ1v) is 5.61. The number of halogens is 6. The molecule has 1 aromatic rings. The lowest BCUT2D eigenvalue weighted by molar-refractivity contribution is -0.182. The monoisotopic (exact) mass is 328 g/mol. The number of carbonyl (C=O) groups excluding carboxylic acids is 3. The summed E-state index contributed by atoms with van der Waals surface area (Å²) in [6.45, 7) is 1.56. The maximum atomic E-state index is 11.3. The van der Waals surface area contributed by atoms with Crippen molar-refractivity contribution in [3.63, 3.8) is 0 Å². The summed E-state index contributed by atoms with van der Waals surface area (Å²) in [7, 11) is 0. The molecule has 0 aliphatic heterocycles. The Morgan fingerprint density at radius 1 is 0.818 bits per heavy atom. The summed E-state index contributed by atoms with van der Waals surface area (Å²) in [6.07, 6.45) is -13.0. The minimum absolute atomic E-state index is 0.121. The van der Waals surface area contributed by atoms with Gasteiger partial charge in [0.05, 0.1) is 6.42 Å². The molecule has 1 aromatic carbocycles. The molecule has 0 radical (unpaired) electrons. The molecule has 0 heterocycles. The summed E-state index contributed by atoms with van der Waals surface area (Å²) in [5.41, 5.74) is 0.775. The Balaban J connectivity index is 0.000000425. The molecule has 122 valence electrons. The molecule has 0 saturated heterocycles. The molecule has 0 amide bonds. The molecule has 0 atom stereocenters. The molecule has 0 saturated carbocycles. The zero-order valence-electron chi connectivity index (χ0n) is 11.1. The van der Waals surface area contributed by atoms with Crippen molar-refractivity contribution in [2.24, 2.45) is 0 Å². The van der Waals surface area contributed by atoms with Crippen LogP contribution in [0.25, 0.3) is 0 Å². The van der Waals surface area contributed by atoms with Gasteiger partial charge >= 0.3 is 12.4 Å². The Hall–Kier alpha value is -2.19. The number of benzene rings is 1. The molecule has 0 aliphatic carbocycles. The fraction of sp³-hybridized carbons (Fsp3) is 0.308. The predicted octanol–water partition coefficient (Wildman–Crippen LogP) is 3.53. The SMILES string of the molecule is CC(=O)c1ccccc1.O=C(CC(=O)C(F)(F)F)C(F)(F)F. The zero-order chi connectivity index (χ0) is 17.6. The zero-order valence-corrected chi connectivity index (χ0v) is 11.1. The van der Waals surface area contributed by atoms with E-state index in [2.05, 4.69) is 0 Å². The number of ketones is 3. The van der Waals surface area contributed by atoms with Gasteiger partial charge in [-0.25, -0.2) is 0 Å². The first-order chi connectivity index (χ1) is 9.85. The number of Topliss-reactive ketones (excluding diaryl/α,β-unsaturated/α-hetero) is 3. The highest BCUT2D eigenvalue weighted by Crippen LogP contribution is 2.23. The summed E-state index contributed by atoms with van der Waals surface area (Å²) >= 11 is 0. The molecule has 9 heteroatoms. The summed E-state index contributed by atoms with van der Waals surface area (Å²) in [4.78, 5) is 30.4. The van der Waals surface area contributed by atoms with E-state index in [-0.39, 0.29) is 5.78 Å². The van der Waals surface area contributed by atoms with Gasteiger partial charge in [-0.05, 0) is 6.92 Å². The van der Waals surface area contributed by atoms with Crippen LogP contribution in [0.15, 0.2) is 30.3 Å². The van der Waals surface area contributed by atoms with Crippen LogP contribution in [0.4, 0.5) is 26.3 Å². The second-order valence-corrected chi connectivity index (χ2v) is 3.94. The second-order valence-electron chi connectivity index (χ2n) is 3.94. The third-order valence-electron chi connectivity index (χ3n) is 2.13. The highest BCUT2D eigenvalue weighted by molar-refractivity contribution is 6.03. The third-order valence-corrected chi connectivity index (χ3v) is 2.13. The normalized spacial score (nSPS) is 11.2. The van der Waals surface area contributed by atoms with Gasteiger partial charge in [0.25, 0.3) is 0 Å². The highest BCUT2D eigenvalue weighted by Gasteiger charge is 2.46. The Bertz CT molecular complexity index is 507. The van der Waals surface area contributed by atoms with Crippen LogP contribution in [0.5, 0.6) is 0 Å². The summed E-state index contributed by atoms with van der Waals surface area (Å²) in [5, 5.41) is 0. The largest absolute Gasteiger partial charge is 0.450 e. The van der Waals surface area contributed by atoms with Gasteiger partial charge in [-0.15, -0.1) is 0 Å². The van der Waals surface area contributed by atoms with Crippen molar-refractivity contribution in [3.8, 4) is 0 Å². The van der Waals surface area contributed by atoms with Crippen molar-refractivity contribution in [3.05, 3.63) is 35.9 Å². The van der Waals surface area contributed by atoms with E-state index >= 15 is 0 Å². The van der Waals surface area contributed by atoms with Crippen molar-refractivity contribution in [1.29, 1.82) is 0 Å². The first kappa shape index (κ1) is 19.8. The van der Waals surface area contributed by atoms with E-state index in [1.807, 2.05) is 30.3 Å². The maximum Gasteiger partial charge on any atom is 0.450 e. The summed E-state index contributed by atoms with van der Waals surface area (Å²) < 4.78 is 68.0. The van der Waals surface area contributed by atoms with Gasteiger partial charge in [0.2, 0.25) is 11.6 Å². The molecule has 0 bridgehead atoms. The van der Waals surface area contributed by atoms with E-state index in [1.165, 1.54) is 0 Å². The van der Waals surface area contributed by atoms with Crippen LogP contribution in [0.1, 0.15) is 23.7 Å². The smallest absolute Gasteiger partial charge is 0.295 e. The van der Waals surface area contributed by atoms with Gasteiger partial charge in [0, 0.05) is 5.56 Å². The Kier molecular flexibility index (Phi) is 6.95. The van der Waals surface area contributed by atoms with Gasteiger partial charge in [0.1, 0.15) is 0 Å². The molecule has 0 fully saturated rings. The number of alkyl halides is 6. The van der Waals surface area contributed by atoms with Gasteiger partial charge in [0.15, 0.2) is 5.78 Å². The van der Waals surface area contributed by atoms with E-state index in [4.69, 9.17) is 0 Å². The molecule has 0 aliphatic rings. The van der Waals surface area contributed by atoms with Gasteiger partial charge in [-0.2, -0.15) is 26.3 Å². The minimum atomic E-state index is -5.40. The number of hydrogen-bond acceptors (Lipinski definition) is 3. The Morgan fingerprint density at radius 2 is 1.18 bits per heavy atom. The van der Waals surface area contributed by atoms with Crippen molar-refractivity contribution < 1.29 is 40.7 Å². The van der Waals surface area contributed by atoms with Crippen LogP contribution in [-0.2, 0) is 9.59 Å². The number of rotatable bonds is 3. The molecule has 0 N–H and O–H groups in total. The fourth-order valence-corrected chi connectivity index (χ4v) is 1.02. The van der Waals surface area contributed by atoms with Crippen LogP contribution < -0.4 is 0 Å². The van der Waals surface area contributed by atoms with Crippen molar-refractivity contribution in [1.82, 2.24) is 0 Å². The molecule has 0 unspecified atom stereocenters. The highest BCUT2D eigenvalue weighted by atomic mass is 19.4. The van der Waals surface area contributed by atoms with E-state index in [0.717, 1.165) is 5.56 Å². The fourth-order valence-electron chi connectivity index (χ4n) is 1.02. The van der Waals surface area contributed by atoms with E-state index < -0.39 is 30.3 Å². The number of carbonyl (C=O) groups is 3. The molecule has 22 heavy (non-hydrogen) atoms. The maximum absolute atomic E-state index is 11.3. The van der Waals surface area contributed by atoms with Crippen LogP contribution in [0, 0.1) is 0 Å². The van der Waals surface area contributed by atoms with Gasteiger partial charge in [-0.3, -0.25) is 14.4 Å². The topological polar surface area (TPSA) is 51.2 Å². The van der Waals surface area contributed by atoms with Crippen molar-refractivity contribution >= 4 is 17.3 Å². The lowest BCUT2D eigenvalue weighted by atomic mass is 10.2. The average Bonchev–Trinajstić information content (AvgIpc) is 2.38. The first-order valence-electron chi connectivity index (χ1n) is 5.61. The number of hydrogen-bond donors (Lipinski definition) is 0. The Morgan fingerprint density at radius 3 is 1.41 bits per heavy atom. The molecular weight excluding hydrogens is 318 g/mol. The Labute approximate surface area is 120 Å². The molecular formula is C13H10F6O3. The van der Waals surface area contributed by atoms with Crippen molar-refractivity contribution in [2.75, 3.05) is 0 Å². The lowest BCUT2D eigenvalue weighted by Gasteiger charge is -2.06. The van der Waals surface area contributed by atoms with Crippen LogP contribution in [-0.4, -0.2) is 29.7 Å². The van der Waals surface area contributed by atoms with Crippen LogP contribution >= 0.6 is 0 Å². The summed E-state index contributed by atoms with van der Waals surface area (Å²) in [6, 6.07) is 9.23. The third kappa shape index (κ3) is 7.55. The molecule has 0 aromatic heterocycles. The quantitative estimate of drug-likeness (QED) is 0.484. The summed E-state index contributed by atoms with van der Waals surface area (Å²) in [5.74, 6) is -5.28. The van der Waals surface area contributed by atoms with E-state index in [0.29, 0.717) is 0 Å². The standard InChI is InChI=1S/C8H8O.C5H2F6O2/c1-7(9)8-5-3-2-4-6-8;6-4(7,8)2(12)1-3(13)5(9,10)11/h2-6H,1H3;1H2. The second kappa shape index (κ2) is 7.71. The van der Waals surface area contributed by atoms with E-state index in [1.54, 1.807) is 6.92 Å². The van der Waals surface area contributed by atoms with E-state index in [9.17, 15) is 40.7 Å². The molecule has 1 rings (SSSR count). The lowest BCUT2D eigenvalue weighted by Crippen LogP contribution is -2.31. The molecule has 0 spiro atoms. The predicted molar refractivity (Wildman–Crippen MR) is 63.2 cm³/mol. The minimum Gasteiger partial charge on any atom is -0.295 e. The van der Waals surface area contributed by atoms with Crippen molar-refractivity contribution in [2.45, 2.75) is 25.7 Å². The van der Waals surface area contributed by atoms with Gasteiger partial charge < -0.3 is 0 Å². The van der Waals surface area contributed by atoms with Gasteiger partial charge in [-0.1, -0.05) is 30.3 Å². The average molecular weight is 328 g/mol. The van der Waals surface area contributed by atoms with Crippen LogP contribution in [0.2, 0.25) is 0 Å². The van der Waals surface area contributed by atoms with Crippen LogP contribution in [0.3, 0.4) is 0 Å². The molecule has 3 nitrogen and oxygen atoms in total.